The molecule has 2 rings (SSSR count). The zero-order valence-electron chi connectivity index (χ0n) is 24.0. The van der Waals surface area contributed by atoms with Crippen molar-refractivity contribution in [3.05, 3.63) is 23.9 Å². The molecule has 0 aliphatic carbocycles. The van der Waals surface area contributed by atoms with Crippen molar-refractivity contribution >= 4 is 29.0 Å². The van der Waals surface area contributed by atoms with E-state index in [4.69, 9.17) is 20.2 Å². The van der Waals surface area contributed by atoms with Gasteiger partial charge in [0.15, 0.2) is 11.5 Å². The van der Waals surface area contributed by atoms with Gasteiger partial charge in [-0.05, 0) is 77.1 Å². The maximum absolute atomic E-state index is 6.37. The summed E-state index contributed by atoms with van der Waals surface area (Å²) >= 11 is 0. The van der Waals surface area contributed by atoms with E-state index in [9.17, 15) is 0 Å². The van der Waals surface area contributed by atoms with Crippen LogP contribution in [0.2, 0.25) is 0 Å². The predicted octanol–water partition coefficient (Wildman–Crippen LogP) is 7.26. The Morgan fingerprint density at radius 1 is 0.973 bits per heavy atom. The second-order valence-electron chi connectivity index (χ2n) is 10.1. The summed E-state index contributed by atoms with van der Waals surface area (Å²) in [5.41, 5.74) is 8.84. The van der Waals surface area contributed by atoms with Gasteiger partial charge in [0.2, 0.25) is 0 Å². The van der Waals surface area contributed by atoms with Crippen molar-refractivity contribution in [1.82, 2.24) is 10.3 Å². The third-order valence-corrected chi connectivity index (χ3v) is 6.91. The Morgan fingerprint density at radius 3 is 2.41 bits per heavy atom. The molecule has 4 N–H and O–H groups in total. The van der Waals surface area contributed by atoms with Crippen LogP contribution in [0.5, 0.6) is 11.5 Å². The molecular weight excluding hydrogens is 484 g/mol. The van der Waals surface area contributed by atoms with E-state index in [1.807, 2.05) is 6.20 Å². The number of anilines is 1. The van der Waals surface area contributed by atoms with Gasteiger partial charge in [0.25, 0.3) is 0 Å². The predicted molar refractivity (Wildman–Crippen MR) is 162 cm³/mol. The third-order valence-electron chi connectivity index (χ3n) is 6.91. The zero-order valence-corrected chi connectivity index (χ0v) is 24.9. The lowest BCUT2D eigenvalue weighted by molar-refractivity contribution is 0.288. The first-order valence-corrected chi connectivity index (χ1v) is 14.4. The van der Waals surface area contributed by atoms with Gasteiger partial charge in [-0.15, -0.1) is 12.4 Å². The number of unbranched alkanes of at least 4 members (excludes halogenated alkanes) is 5. The minimum Gasteiger partial charge on any atom is -0.493 e. The quantitative estimate of drug-likeness (QED) is 0.154. The molecule has 7 heteroatoms. The lowest BCUT2D eigenvalue weighted by Crippen LogP contribution is -2.28. The number of pyridine rings is 1. The lowest BCUT2D eigenvalue weighted by Gasteiger charge is -2.21. The fraction of sp³-hybridized carbons (Fsp3) is 0.700. The average Bonchev–Trinajstić information content (AvgIpc) is 2.89. The number of fused-ring (bicyclic) bond motifs is 1. The Bertz CT molecular complexity index is 880. The monoisotopic (exact) mass is 536 g/mol. The Balaban J connectivity index is 0.00000684. The molecule has 0 bridgehead atoms. The highest BCUT2D eigenvalue weighted by atomic mass is 35.5. The number of nitrogens with two attached hydrogens (primary N) is 1. The highest BCUT2D eigenvalue weighted by Crippen LogP contribution is 2.42. The summed E-state index contributed by atoms with van der Waals surface area (Å²) in [6.45, 7) is 11.4. The van der Waals surface area contributed by atoms with Crippen LogP contribution in [0.3, 0.4) is 0 Å². The van der Waals surface area contributed by atoms with E-state index in [2.05, 4.69) is 50.5 Å². The first-order valence-electron chi connectivity index (χ1n) is 14.4. The van der Waals surface area contributed by atoms with E-state index in [0.717, 1.165) is 79.7 Å². The van der Waals surface area contributed by atoms with Gasteiger partial charge in [0.05, 0.1) is 30.3 Å². The van der Waals surface area contributed by atoms with E-state index in [0.29, 0.717) is 18.7 Å². The molecule has 0 saturated heterocycles. The molecule has 1 aromatic carbocycles. The Kier molecular flexibility index (Phi) is 17.4. The van der Waals surface area contributed by atoms with E-state index >= 15 is 0 Å². The zero-order chi connectivity index (χ0) is 26.2. The number of rotatable bonds is 20. The van der Waals surface area contributed by atoms with Gasteiger partial charge in [-0.25, -0.2) is 0 Å². The van der Waals surface area contributed by atoms with Gasteiger partial charge in [0, 0.05) is 24.3 Å². The molecule has 2 aromatic rings. The fourth-order valence-corrected chi connectivity index (χ4v) is 4.72. The third kappa shape index (κ3) is 11.3. The number of nitrogens with one attached hydrogen (secondary N) is 2. The Labute approximate surface area is 232 Å². The molecular formula is C30H53ClN4O2. The topological polar surface area (TPSA) is 81.4 Å². The van der Waals surface area contributed by atoms with Crippen molar-refractivity contribution in [3.63, 3.8) is 0 Å². The number of aryl methyl sites for hydroxylation is 1. The highest BCUT2D eigenvalue weighted by molar-refractivity contribution is 5.99. The molecule has 37 heavy (non-hydrogen) atoms. The van der Waals surface area contributed by atoms with Gasteiger partial charge in [-0.1, -0.05) is 46.0 Å². The summed E-state index contributed by atoms with van der Waals surface area (Å²) in [6.07, 6.45) is 14.7. The summed E-state index contributed by atoms with van der Waals surface area (Å²) in [5, 5.41) is 8.41. The number of hydrogen-bond acceptors (Lipinski definition) is 6. The molecule has 0 radical (unpaired) electrons. The van der Waals surface area contributed by atoms with Crippen LogP contribution in [-0.4, -0.2) is 43.9 Å². The summed E-state index contributed by atoms with van der Waals surface area (Å²) in [5.74, 6) is 1.61. The molecule has 2 unspecified atom stereocenters. The average molecular weight is 537 g/mol. The minimum absolute atomic E-state index is 0. The maximum Gasteiger partial charge on any atom is 0.170 e. The normalized spacial score (nSPS) is 12.7. The SMILES string of the molecule is CCCCCCCCOc1c(OC)cc(NC(C)CCCNC(C)CCCN)c2nccc(CC)c12.Cl. The number of nitrogens with zero attached hydrogens (tertiary/aromatic N) is 1. The molecule has 0 aliphatic rings. The van der Waals surface area contributed by atoms with Crippen LogP contribution in [0.25, 0.3) is 10.9 Å². The van der Waals surface area contributed by atoms with Gasteiger partial charge in [-0.2, -0.15) is 0 Å². The van der Waals surface area contributed by atoms with Crippen molar-refractivity contribution in [2.24, 2.45) is 5.73 Å². The summed E-state index contributed by atoms with van der Waals surface area (Å²) in [7, 11) is 1.73. The molecule has 2 atom stereocenters. The van der Waals surface area contributed by atoms with Crippen molar-refractivity contribution < 1.29 is 9.47 Å². The number of ether oxygens (including phenoxy) is 2. The molecule has 1 heterocycles. The first-order chi connectivity index (χ1) is 17.5. The Hall–Kier alpha value is -1.76. The van der Waals surface area contributed by atoms with Crippen LogP contribution < -0.4 is 25.8 Å². The van der Waals surface area contributed by atoms with Crippen LogP contribution in [0.1, 0.15) is 97.5 Å². The molecule has 0 saturated carbocycles. The standard InChI is InChI=1S/C30H52N4O2.ClH/c1-6-8-9-10-11-12-21-36-30-27(35-5)22-26(29-28(30)25(7-2)17-20-33-29)34-24(4)16-14-19-32-23(3)15-13-18-31;/h17,20,22-24,32,34H,6-16,18-19,21,31H2,1-5H3;1H. The van der Waals surface area contributed by atoms with E-state index in [1.54, 1.807) is 7.11 Å². The summed E-state index contributed by atoms with van der Waals surface area (Å²) < 4.78 is 12.2. The minimum atomic E-state index is 0. The maximum atomic E-state index is 6.37. The molecule has 212 valence electrons. The number of hydrogen-bond donors (Lipinski definition) is 3. The van der Waals surface area contributed by atoms with Crippen LogP contribution >= 0.6 is 12.4 Å². The van der Waals surface area contributed by atoms with Crippen molar-refractivity contribution in [3.8, 4) is 11.5 Å². The van der Waals surface area contributed by atoms with E-state index in [1.165, 1.54) is 37.7 Å². The molecule has 1 aromatic heterocycles. The van der Waals surface area contributed by atoms with Gasteiger partial charge in [-0.3, -0.25) is 4.98 Å². The smallest absolute Gasteiger partial charge is 0.170 e. The van der Waals surface area contributed by atoms with E-state index < -0.39 is 0 Å². The summed E-state index contributed by atoms with van der Waals surface area (Å²) in [4.78, 5) is 4.78. The van der Waals surface area contributed by atoms with Gasteiger partial charge < -0.3 is 25.8 Å². The highest BCUT2D eigenvalue weighted by Gasteiger charge is 2.19. The summed E-state index contributed by atoms with van der Waals surface area (Å²) in [6, 6.07) is 5.01. The van der Waals surface area contributed by atoms with Crippen LogP contribution in [-0.2, 0) is 6.42 Å². The lowest BCUT2D eigenvalue weighted by atomic mass is 10.0. The van der Waals surface area contributed by atoms with Crippen LogP contribution in [0, 0.1) is 0 Å². The molecule has 0 amide bonds. The van der Waals surface area contributed by atoms with E-state index in [-0.39, 0.29) is 12.4 Å². The van der Waals surface area contributed by atoms with Crippen LogP contribution in [0.15, 0.2) is 18.3 Å². The molecule has 0 aliphatic heterocycles. The fourth-order valence-electron chi connectivity index (χ4n) is 4.72. The number of halogens is 1. The number of methoxy groups -OCH3 is 1. The molecule has 0 fully saturated rings. The second kappa shape index (κ2) is 19.3. The van der Waals surface area contributed by atoms with Crippen LogP contribution in [0.4, 0.5) is 5.69 Å². The van der Waals surface area contributed by atoms with Crippen molar-refractivity contribution in [2.45, 2.75) is 110 Å². The Morgan fingerprint density at radius 2 is 1.70 bits per heavy atom. The second-order valence-corrected chi connectivity index (χ2v) is 10.1. The molecule has 0 spiro atoms. The molecule has 6 nitrogen and oxygen atoms in total. The van der Waals surface area contributed by atoms with Crippen molar-refractivity contribution in [2.75, 3.05) is 32.1 Å². The van der Waals surface area contributed by atoms with Gasteiger partial charge in [0.1, 0.15) is 0 Å². The van der Waals surface area contributed by atoms with Crippen molar-refractivity contribution in [1.29, 1.82) is 0 Å². The largest absolute Gasteiger partial charge is 0.493 e. The number of aromatic nitrogens is 1. The number of benzene rings is 1. The first kappa shape index (κ1) is 33.3. The van der Waals surface area contributed by atoms with Gasteiger partial charge >= 0.3 is 0 Å².